The number of hydrogen-bond donors (Lipinski definition) is 1. The molecule has 0 aromatic heterocycles. The summed E-state index contributed by atoms with van der Waals surface area (Å²) in [5.41, 5.74) is -0.353. The summed E-state index contributed by atoms with van der Waals surface area (Å²) in [6.45, 7) is -0.245. The molecule has 4 rings (SSSR count). The zero-order valence-electron chi connectivity index (χ0n) is 14.8. The maximum Gasteiger partial charge on any atom is 0.325 e. The zero-order valence-corrected chi connectivity index (χ0v) is 14.8. The minimum absolute atomic E-state index is 0.245. The van der Waals surface area contributed by atoms with Crippen LogP contribution in [0.5, 0.6) is 11.5 Å². The molecular formula is C21H20N2O4. The SMILES string of the molecule is O=C(CN1C(=O)NC2(CCCC2)C1=O)c1ccc(Oc2ccccc2)cc1. The van der Waals surface area contributed by atoms with E-state index in [0.29, 0.717) is 29.9 Å². The largest absolute Gasteiger partial charge is 0.457 e. The second-order valence-electron chi connectivity index (χ2n) is 6.97. The average molecular weight is 364 g/mol. The first-order valence-corrected chi connectivity index (χ1v) is 9.08. The third-order valence-corrected chi connectivity index (χ3v) is 5.16. The summed E-state index contributed by atoms with van der Waals surface area (Å²) >= 11 is 0. The highest BCUT2D eigenvalue weighted by Gasteiger charge is 2.52. The number of carbonyl (C=O) groups is 3. The van der Waals surface area contributed by atoms with Crippen molar-refractivity contribution in [2.24, 2.45) is 0 Å². The van der Waals surface area contributed by atoms with Crippen molar-refractivity contribution < 1.29 is 19.1 Å². The molecule has 1 spiro atoms. The van der Waals surface area contributed by atoms with E-state index in [4.69, 9.17) is 4.74 Å². The lowest BCUT2D eigenvalue weighted by molar-refractivity contribution is -0.130. The summed E-state index contributed by atoms with van der Waals surface area (Å²) in [4.78, 5) is 38.4. The van der Waals surface area contributed by atoms with Gasteiger partial charge in [0.2, 0.25) is 0 Å². The molecule has 0 radical (unpaired) electrons. The van der Waals surface area contributed by atoms with Crippen molar-refractivity contribution in [1.29, 1.82) is 0 Å². The number of rotatable bonds is 5. The smallest absolute Gasteiger partial charge is 0.325 e. The van der Waals surface area contributed by atoms with Crippen LogP contribution in [0.2, 0.25) is 0 Å². The summed E-state index contributed by atoms with van der Waals surface area (Å²) in [6, 6.07) is 15.6. The van der Waals surface area contributed by atoms with E-state index in [2.05, 4.69) is 5.32 Å². The van der Waals surface area contributed by atoms with Crippen molar-refractivity contribution in [2.45, 2.75) is 31.2 Å². The Hall–Kier alpha value is -3.15. The van der Waals surface area contributed by atoms with Gasteiger partial charge in [0.05, 0.1) is 6.54 Å². The summed E-state index contributed by atoms with van der Waals surface area (Å²) in [6.07, 6.45) is 3.12. The van der Waals surface area contributed by atoms with E-state index in [1.165, 1.54) is 0 Å². The topological polar surface area (TPSA) is 75.7 Å². The van der Waals surface area contributed by atoms with Crippen LogP contribution in [0.1, 0.15) is 36.0 Å². The third kappa shape index (κ3) is 3.30. The number of para-hydroxylation sites is 1. The second-order valence-corrected chi connectivity index (χ2v) is 6.97. The van der Waals surface area contributed by atoms with Crippen LogP contribution in [0.4, 0.5) is 4.79 Å². The highest BCUT2D eigenvalue weighted by atomic mass is 16.5. The highest BCUT2D eigenvalue weighted by molar-refractivity contribution is 6.11. The fraction of sp³-hybridized carbons (Fsp3) is 0.286. The fourth-order valence-corrected chi connectivity index (χ4v) is 3.71. The van der Waals surface area contributed by atoms with Crippen molar-refractivity contribution in [3.05, 3.63) is 60.2 Å². The highest BCUT2D eigenvalue weighted by Crippen LogP contribution is 2.35. The van der Waals surface area contributed by atoms with Gasteiger partial charge in [-0.05, 0) is 49.2 Å². The molecule has 138 valence electrons. The van der Waals surface area contributed by atoms with Gasteiger partial charge in [0.15, 0.2) is 5.78 Å². The minimum Gasteiger partial charge on any atom is -0.457 e. The Morgan fingerprint density at radius 1 is 0.963 bits per heavy atom. The lowest BCUT2D eigenvalue weighted by Crippen LogP contribution is -2.44. The average Bonchev–Trinajstić information content (AvgIpc) is 3.24. The Labute approximate surface area is 157 Å². The molecule has 1 saturated heterocycles. The normalized spacial score (nSPS) is 18.0. The van der Waals surface area contributed by atoms with Crippen LogP contribution >= 0.6 is 0 Å². The lowest BCUT2D eigenvalue weighted by Gasteiger charge is -2.19. The number of nitrogens with one attached hydrogen (secondary N) is 1. The predicted octanol–water partition coefficient (Wildman–Crippen LogP) is 3.53. The molecule has 1 heterocycles. The first-order chi connectivity index (χ1) is 13.1. The molecule has 27 heavy (non-hydrogen) atoms. The number of carbonyl (C=O) groups excluding carboxylic acids is 3. The first-order valence-electron chi connectivity index (χ1n) is 9.08. The quantitative estimate of drug-likeness (QED) is 0.650. The number of nitrogens with zero attached hydrogens (tertiary/aromatic N) is 1. The summed E-state index contributed by atoms with van der Waals surface area (Å²) < 4.78 is 5.70. The predicted molar refractivity (Wildman–Crippen MR) is 98.7 cm³/mol. The third-order valence-electron chi connectivity index (χ3n) is 5.16. The van der Waals surface area contributed by atoms with Crippen molar-refractivity contribution in [1.82, 2.24) is 10.2 Å². The van der Waals surface area contributed by atoms with Gasteiger partial charge in [0.25, 0.3) is 5.91 Å². The molecule has 2 aliphatic rings. The molecule has 1 aliphatic carbocycles. The van der Waals surface area contributed by atoms with Crippen LogP contribution in [0.3, 0.4) is 0 Å². The molecule has 1 N–H and O–H groups in total. The van der Waals surface area contributed by atoms with Crippen molar-refractivity contribution in [3.8, 4) is 11.5 Å². The van der Waals surface area contributed by atoms with Gasteiger partial charge >= 0.3 is 6.03 Å². The van der Waals surface area contributed by atoms with Gasteiger partial charge in [-0.2, -0.15) is 0 Å². The molecule has 3 amide bonds. The maximum atomic E-state index is 12.6. The van der Waals surface area contributed by atoms with Crippen LogP contribution in [-0.4, -0.2) is 34.7 Å². The molecule has 0 atom stereocenters. The van der Waals surface area contributed by atoms with E-state index in [9.17, 15) is 14.4 Å². The zero-order chi connectivity index (χ0) is 18.9. The van der Waals surface area contributed by atoms with Crippen LogP contribution in [0.25, 0.3) is 0 Å². The van der Waals surface area contributed by atoms with Gasteiger partial charge in [0, 0.05) is 5.56 Å². The van der Waals surface area contributed by atoms with Crippen LogP contribution in [0.15, 0.2) is 54.6 Å². The summed E-state index contributed by atoms with van der Waals surface area (Å²) in [5, 5.41) is 2.79. The van der Waals surface area contributed by atoms with Crippen molar-refractivity contribution >= 4 is 17.7 Å². The Morgan fingerprint density at radius 2 is 1.59 bits per heavy atom. The number of hydrogen-bond acceptors (Lipinski definition) is 4. The number of ether oxygens (including phenoxy) is 1. The molecular weight excluding hydrogens is 344 g/mol. The maximum absolute atomic E-state index is 12.6. The van der Waals surface area contributed by atoms with Crippen LogP contribution in [-0.2, 0) is 4.79 Å². The van der Waals surface area contributed by atoms with E-state index in [0.717, 1.165) is 17.7 Å². The van der Waals surface area contributed by atoms with E-state index in [1.807, 2.05) is 30.3 Å². The van der Waals surface area contributed by atoms with E-state index < -0.39 is 11.6 Å². The summed E-state index contributed by atoms with van der Waals surface area (Å²) in [5.74, 6) is 0.762. The number of urea groups is 1. The summed E-state index contributed by atoms with van der Waals surface area (Å²) in [7, 11) is 0. The van der Waals surface area contributed by atoms with Gasteiger partial charge in [-0.15, -0.1) is 0 Å². The molecule has 0 unspecified atom stereocenters. The number of imide groups is 1. The number of amides is 3. The van der Waals surface area contributed by atoms with Gasteiger partial charge in [0.1, 0.15) is 17.0 Å². The molecule has 2 aromatic carbocycles. The number of Topliss-reactive ketones (excluding diaryl/α,β-unsaturated/α-hetero) is 1. The molecule has 2 fully saturated rings. The van der Waals surface area contributed by atoms with Gasteiger partial charge in [-0.25, -0.2) is 4.79 Å². The van der Waals surface area contributed by atoms with Crippen LogP contribution < -0.4 is 10.1 Å². The standard InChI is InChI=1S/C21H20N2O4/c24-18(14-23-19(25)21(22-20(23)26)12-4-5-13-21)15-8-10-17(11-9-15)27-16-6-2-1-3-7-16/h1-3,6-11H,4-5,12-14H2,(H,22,26). The Balaban J connectivity index is 1.42. The Bertz CT molecular complexity index is 871. The first kappa shape index (κ1) is 17.3. The van der Waals surface area contributed by atoms with Crippen molar-refractivity contribution in [3.63, 3.8) is 0 Å². The Morgan fingerprint density at radius 3 is 2.26 bits per heavy atom. The molecule has 1 saturated carbocycles. The molecule has 6 heteroatoms. The second kappa shape index (κ2) is 6.87. The number of benzene rings is 2. The lowest BCUT2D eigenvalue weighted by atomic mass is 9.98. The molecule has 1 aliphatic heterocycles. The monoisotopic (exact) mass is 364 g/mol. The van der Waals surface area contributed by atoms with E-state index >= 15 is 0 Å². The molecule has 0 bridgehead atoms. The molecule has 2 aromatic rings. The van der Waals surface area contributed by atoms with Gasteiger partial charge in [-0.1, -0.05) is 31.0 Å². The fourth-order valence-electron chi connectivity index (χ4n) is 3.71. The van der Waals surface area contributed by atoms with Crippen molar-refractivity contribution in [2.75, 3.05) is 6.54 Å². The minimum atomic E-state index is -0.787. The van der Waals surface area contributed by atoms with Crippen LogP contribution in [0, 0.1) is 0 Å². The van der Waals surface area contributed by atoms with Gasteiger partial charge < -0.3 is 10.1 Å². The number of ketones is 1. The Kier molecular flexibility index (Phi) is 4.39. The van der Waals surface area contributed by atoms with E-state index in [-0.39, 0.29) is 18.2 Å². The van der Waals surface area contributed by atoms with E-state index in [1.54, 1.807) is 24.3 Å². The van der Waals surface area contributed by atoms with Gasteiger partial charge in [-0.3, -0.25) is 14.5 Å². The molecule has 6 nitrogen and oxygen atoms in total.